The van der Waals surface area contributed by atoms with Crippen LogP contribution in [0.2, 0.25) is 0 Å². The van der Waals surface area contributed by atoms with Crippen molar-refractivity contribution in [1.29, 1.82) is 0 Å². The van der Waals surface area contributed by atoms with Crippen LogP contribution in [0.4, 0.5) is 0 Å². The minimum Gasteiger partial charge on any atom is -0.456 e. The standard InChI is InChI=1S/C60H36N2OS/c1-3-13-37(14-4-1)39-25-28-41(29-26-39)61-51-22-9-7-17-47(51)58-53(61)33-31-44-49-35-40(38-15-5-2-6-16-38)27-32-52(49)62(59(44)58)42-30-34-56-50(36-42)46-21-11-20-45(60(46)64-56)43-19-12-24-55-57(43)48-18-8-10-23-54(48)63-55/h1-36H. The summed E-state index contributed by atoms with van der Waals surface area (Å²) in [6.45, 7) is 0. The molecule has 0 aliphatic heterocycles. The zero-order valence-electron chi connectivity index (χ0n) is 34.5. The molecule has 3 nitrogen and oxygen atoms in total. The SMILES string of the molecule is c1ccc(-c2ccc(-n3c4ccccc4c4c3ccc3c5cc(-c6ccccc6)ccc5n(-c5ccc6sc7c(-c8cccc9oc%10ccccc%10c89)cccc7c6c5)c34)cc2)cc1. The van der Waals surface area contributed by atoms with E-state index in [1.165, 1.54) is 103 Å². The van der Waals surface area contributed by atoms with Gasteiger partial charge in [0.15, 0.2) is 0 Å². The van der Waals surface area contributed by atoms with Crippen LogP contribution in [-0.2, 0) is 0 Å². The molecular weight excluding hydrogens is 797 g/mol. The van der Waals surface area contributed by atoms with Crippen LogP contribution in [0.1, 0.15) is 0 Å². The number of thiophene rings is 1. The van der Waals surface area contributed by atoms with Gasteiger partial charge >= 0.3 is 0 Å². The molecule has 10 aromatic carbocycles. The maximum atomic E-state index is 6.35. The second-order valence-corrected chi connectivity index (χ2v) is 17.8. The minimum absolute atomic E-state index is 0.915. The van der Waals surface area contributed by atoms with E-state index in [1.54, 1.807) is 0 Å². The lowest BCUT2D eigenvalue weighted by Gasteiger charge is -2.11. The first-order valence-corrected chi connectivity index (χ1v) is 22.6. The number of benzene rings is 10. The monoisotopic (exact) mass is 832 g/mol. The van der Waals surface area contributed by atoms with Crippen molar-refractivity contribution in [2.45, 2.75) is 0 Å². The van der Waals surface area contributed by atoms with Gasteiger partial charge in [-0.2, -0.15) is 0 Å². The number of hydrogen-bond donors (Lipinski definition) is 0. The summed E-state index contributed by atoms with van der Waals surface area (Å²) >= 11 is 1.87. The van der Waals surface area contributed by atoms with Crippen LogP contribution in [0.5, 0.6) is 0 Å². The first kappa shape index (κ1) is 35.4. The van der Waals surface area contributed by atoms with Gasteiger partial charge in [-0.3, -0.25) is 0 Å². The topological polar surface area (TPSA) is 23.0 Å². The molecule has 0 saturated heterocycles. The van der Waals surface area contributed by atoms with Crippen molar-refractivity contribution in [3.63, 3.8) is 0 Å². The Labute approximate surface area is 371 Å². The highest BCUT2D eigenvalue weighted by Gasteiger charge is 2.23. The second-order valence-electron chi connectivity index (χ2n) is 16.8. The maximum Gasteiger partial charge on any atom is 0.136 e. The number of furan rings is 1. The van der Waals surface area contributed by atoms with Crippen molar-refractivity contribution >= 4 is 97.1 Å². The Hall–Kier alpha value is -8.18. The van der Waals surface area contributed by atoms with Crippen LogP contribution >= 0.6 is 11.3 Å². The zero-order valence-corrected chi connectivity index (χ0v) is 35.3. The number of aromatic nitrogens is 2. The number of rotatable bonds is 5. The highest BCUT2D eigenvalue weighted by atomic mass is 32.1. The summed E-state index contributed by atoms with van der Waals surface area (Å²) in [5.41, 5.74) is 16.2. The minimum atomic E-state index is 0.915. The fourth-order valence-electron chi connectivity index (χ4n) is 10.5. The van der Waals surface area contributed by atoms with E-state index in [1.807, 2.05) is 17.4 Å². The van der Waals surface area contributed by atoms with Gasteiger partial charge in [0.1, 0.15) is 11.2 Å². The quantitative estimate of drug-likeness (QED) is 0.169. The first-order chi connectivity index (χ1) is 31.7. The molecule has 0 bridgehead atoms. The van der Waals surface area contributed by atoms with E-state index >= 15 is 0 Å². The Kier molecular flexibility index (Phi) is 7.56. The van der Waals surface area contributed by atoms with E-state index in [9.17, 15) is 0 Å². The van der Waals surface area contributed by atoms with Crippen molar-refractivity contribution < 1.29 is 4.42 Å². The number of fused-ring (bicyclic) bond motifs is 13. The van der Waals surface area contributed by atoms with Gasteiger partial charge in [-0.25, -0.2) is 0 Å². The second kappa shape index (κ2) is 13.7. The van der Waals surface area contributed by atoms with E-state index in [-0.39, 0.29) is 0 Å². The maximum absolute atomic E-state index is 6.35. The smallest absolute Gasteiger partial charge is 0.136 e. The molecule has 0 N–H and O–H groups in total. The molecule has 4 heterocycles. The van der Waals surface area contributed by atoms with Crippen LogP contribution in [0.15, 0.2) is 223 Å². The van der Waals surface area contributed by atoms with Gasteiger partial charge in [0, 0.05) is 69.4 Å². The predicted octanol–water partition coefficient (Wildman–Crippen LogP) is 17.1. The van der Waals surface area contributed by atoms with E-state index < -0.39 is 0 Å². The van der Waals surface area contributed by atoms with Crippen LogP contribution in [-0.4, -0.2) is 9.13 Å². The average molecular weight is 833 g/mol. The molecular formula is C60H36N2OS. The van der Waals surface area contributed by atoms with Crippen LogP contribution in [0.25, 0.3) is 130 Å². The van der Waals surface area contributed by atoms with Crippen LogP contribution in [0.3, 0.4) is 0 Å². The number of para-hydroxylation sites is 2. The average Bonchev–Trinajstić information content (AvgIpc) is 4.12. The lowest BCUT2D eigenvalue weighted by molar-refractivity contribution is 0.669. The molecule has 64 heavy (non-hydrogen) atoms. The highest BCUT2D eigenvalue weighted by molar-refractivity contribution is 7.26. The summed E-state index contributed by atoms with van der Waals surface area (Å²) in [6.07, 6.45) is 0. The van der Waals surface area contributed by atoms with E-state index in [0.717, 1.165) is 27.9 Å². The Morgan fingerprint density at radius 3 is 1.80 bits per heavy atom. The Bertz CT molecular complexity index is 4170. The zero-order chi connectivity index (χ0) is 41.9. The molecule has 0 aliphatic rings. The first-order valence-electron chi connectivity index (χ1n) is 21.8. The van der Waals surface area contributed by atoms with E-state index in [0.29, 0.717) is 0 Å². The molecule has 0 unspecified atom stereocenters. The van der Waals surface area contributed by atoms with Gasteiger partial charge in [-0.15, -0.1) is 11.3 Å². The normalized spacial score (nSPS) is 12.1. The fourth-order valence-corrected chi connectivity index (χ4v) is 11.7. The largest absolute Gasteiger partial charge is 0.456 e. The van der Waals surface area contributed by atoms with Crippen molar-refractivity contribution in [2.24, 2.45) is 0 Å². The Balaban J connectivity index is 1.03. The molecule has 4 aromatic heterocycles. The van der Waals surface area contributed by atoms with Gasteiger partial charge in [0.2, 0.25) is 0 Å². The van der Waals surface area contributed by atoms with Crippen molar-refractivity contribution in [3.8, 4) is 44.8 Å². The highest BCUT2D eigenvalue weighted by Crippen LogP contribution is 2.47. The van der Waals surface area contributed by atoms with Gasteiger partial charge in [-0.05, 0) is 94.5 Å². The molecule has 14 aromatic rings. The Morgan fingerprint density at radius 2 is 0.953 bits per heavy atom. The molecule has 14 rings (SSSR count). The molecule has 0 radical (unpaired) electrons. The lowest BCUT2D eigenvalue weighted by Crippen LogP contribution is -1.95. The molecule has 0 saturated carbocycles. The summed E-state index contributed by atoms with van der Waals surface area (Å²) in [6, 6.07) is 79.7. The molecule has 0 atom stereocenters. The summed E-state index contributed by atoms with van der Waals surface area (Å²) in [5, 5.41) is 9.78. The molecule has 0 spiro atoms. The van der Waals surface area contributed by atoms with Crippen molar-refractivity contribution in [2.75, 3.05) is 0 Å². The summed E-state index contributed by atoms with van der Waals surface area (Å²) in [5.74, 6) is 0. The third-order valence-electron chi connectivity index (χ3n) is 13.3. The number of nitrogens with zero attached hydrogens (tertiary/aromatic N) is 2. The predicted molar refractivity (Wildman–Crippen MR) is 272 cm³/mol. The van der Waals surface area contributed by atoms with Gasteiger partial charge in [0.05, 0.1) is 22.1 Å². The Morgan fingerprint density at radius 1 is 0.328 bits per heavy atom. The third-order valence-corrected chi connectivity index (χ3v) is 14.6. The molecule has 298 valence electrons. The molecule has 0 fully saturated rings. The summed E-state index contributed by atoms with van der Waals surface area (Å²) in [7, 11) is 0. The van der Waals surface area contributed by atoms with Crippen molar-refractivity contribution in [3.05, 3.63) is 218 Å². The van der Waals surface area contributed by atoms with Crippen molar-refractivity contribution in [1.82, 2.24) is 9.13 Å². The van der Waals surface area contributed by atoms with E-state index in [4.69, 9.17) is 4.42 Å². The van der Waals surface area contributed by atoms with Crippen LogP contribution in [0, 0.1) is 0 Å². The fraction of sp³-hybridized carbons (Fsp3) is 0. The van der Waals surface area contributed by atoms with Gasteiger partial charge in [-0.1, -0.05) is 152 Å². The third kappa shape index (κ3) is 5.15. The van der Waals surface area contributed by atoms with Gasteiger partial charge < -0.3 is 13.6 Å². The lowest BCUT2D eigenvalue weighted by atomic mass is 9.98. The van der Waals surface area contributed by atoms with Gasteiger partial charge in [0.25, 0.3) is 0 Å². The molecule has 0 aliphatic carbocycles. The van der Waals surface area contributed by atoms with Crippen LogP contribution < -0.4 is 0 Å². The molecule has 4 heteroatoms. The summed E-state index contributed by atoms with van der Waals surface area (Å²) < 4.78 is 13.9. The molecule has 0 amide bonds. The summed E-state index contributed by atoms with van der Waals surface area (Å²) in [4.78, 5) is 0. The van der Waals surface area contributed by atoms with E-state index in [2.05, 4.69) is 221 Å². The number of hydrogen-bond acceptors (Lipinski definition) is 2.